The minimum absolute atomic E-state index is 0.380. The molecule has 0 radical (unpaired) electrons. The first kappa shape index (κ1) is 16.9. The van der Waals surface area contributed by atoms with Crippen LogP contribution in [0, 0.1) is 0 Å². The van der Waals surface area contributed by atoms with Crippen molar-refractivity contribution in [3.63, 3.8) is 0 Å². The van der Waals surface area contributed by atoms with Gasteiger partial charge in [0.15, 0.2) is 0 Å². The van der Waals surface area contributed by atoms with Crippen molar-refractivity contribution < 1.29 is 9.53 Å². The molecule has 0 amide bonds. The topological polar surface area (TPSA) is 63.6 Å². The number of aromatic nitrogens is 1. The van der Waals surface area contributed by atoms with Crippen molar-refractivity contribution in [1.82, 2.24) is 4.98 Å². The lowest BCUT2D eigenvalue weighted by molar-refractivity contribution is 0.0735. The van der Waals surface area contributed by atoms with Gasteiger partial charge in [-0.2, -0.15) is 5.10 Å². The van der Waals surface area contributed by atoms with Crippen LogP contribution >= 0.6 is 11.3 Å². The maximum atomic E-state index is 12.0. The average Bonchev–Trinajstić information content (AvgIpc) is 3.13. The van der Waals surface area contributed by atoms with Gasteiger partial charge in [-0.3, -0.25) is 5.43 Å². The Hall–Kier alpha value is -3.51. The molecule has 4 aromatic rings. The van der Waals surface area contributed by atoms with E-state index in [1.54, 1.807) is 53.9 Å². The monoisotopic (exact) mass is 373 g/mol. The largest absolute Gasteiger partial charge is 0.423 e. The first-order valence-corrected chi connectivity index (χ1v) is 9.11. The molecule has 0 bridgehead atoms. The SMILES string of the molecule is O=C(Oc1ccc(/C=N\Nc2nc3ccccc3s2)cc1)c1ccccc1. The predicted octanol–water partition coefficient (Wildman–Crippen LogP) is 4.96. The molecule has 3 aromatic carbocycles. The van der Waals surface area contributed by atoms with Crippen LogP contribution in [-0.4, -0.2) is 17.2 Å². The maximum absolute atomic E-state index is 12.0. The molecule has 27 heavy (non-hydrogen) atoms. The highest BCUT2D eigenvalue weighted by Crippen LogP contribution is 2.25. The number of hydrazone groups is 1. The number of fused-ring (bicyclic) bond motifs is 1. The summed E-state index contributed by atoms with van der Waals surface area (Å²) in [5.74, 6) is 0.106. The zero-order valence-corrected chi connectivity index (χ0v) is 15.0. The van der Waals surface area contributed by atoms with Crippen molar-refractivity contribution in [2.24, 2.45) is 5.10 Å². The molecule has 1 aromatic heterocycles. The van der Waals surface area contributed by atoms with E-state index in [4.69, 9.17) is 4.74 Å². The van der Waals surface area contributed by atoms with Gasteiger partial charge in [0, 0.05) is 0 Å². The van der Waals surface area contributed by atoms with E-state index in [2.05, 4.69) is 15.5 Å². The summed E-state index contributed by atoms with van der Waals surface area (Å²) in [6.07, 6.45) is 1.69. The summed E-state index contributed by atoms with van der Waals surface area (Å²) >= 11 is 1.55. The van der Waals surface area contributed by atoms with E-state index in [1.165, 1.54) is 0 Å². The number of ether oxygens (including phenoxy) is 1. The zero-order chi connectivity index (χ0) is 18.5. The Kier molecular flexibility index (Phi) is 4.89. The number of carbonyl (C=O) groups is 1. The minimum atomic E-state index is -0.380. The third-order valence-corrected chi connectivity index (χ3v) is 4.71. The summed E-state index contributed by atoms with van der Waals surface area (Å²) in [7, 11) is 0. The fourth-order valence-electron chi connectivity index (χ4n) is 2.44. The van der Waals surface area contributed by atoms with Gasteiger partial charge in [-0.15, -0.1) is 0 Å². The van der Waals surface area contributed by atoms with E-state index < -0.39 is 0 Å². The van der Waals surface area contributed by atoms with E-state index in [1.807, 2.05) is 42.5 Å². The molecule has 132 valence electrons. The van der Waals surface area contributed by atoms with E-state index in [0.717, 1.165) is 20.9 Å². The fourth-order valence-corrected chi connectivity index (χ4v) is 3.26. The molecule has 6 heteroatoms. The molecule has 0 saturated carbocycles. The number of esters is 1. The van der Waals surface area contributed by atoms with Crippen LogP contribution < -0.4 is 10.2 Å². The summed E-state index contributed by atoms with van der Waals surface area (Å²) in [6.45, 7) is 0. The summed E-state index contributed by atoms with van der Waals surface area (Å²) < 4.78 is 6.47. The van der Waals surface area contributed by atoms with Gasteiger partial charge in [-0.1, -0.05) is 41.7 Å². The van der Waals surface area contributed by atoms with E-state index in [0.29, 0.717) is 11.3 Å². The number of anilines is 1. The summed E-state index contributed by atoms with van der Waals surface area (Å²) in [4.78, 5) is 16.5. The third kappa shape index (κ3) is 4.19. The summed E-state index contributed by atoms with van der Waals surface area (Å²) in [5, 5.41) is 4.95. The third-order valence-electron chi connectivity index (χ3n) is 3.77. The van der Waals surface area contributed by atoms with Crippen molar-refractivity contribution in [3.05, 3.63) is 90.0 Å². The van der Waals surface area contributed by atoms with Gasteiger partial charge in [-0.05, 0) is 54.1 Å². The first-order valence-electron chi connectivity index (χ1n) is 8.30. The molecular weight excluding hydrogens is 358 g/mol. The van der Waals surface area contributed by atoms with Crippen LogP contribution in [0.5, 0.6) is 5.75 Å². The van der Waals surface area contributed by atoms with Crippen molar-refractivity contribution >= 4 is 38.9 Å². The molecule has 0 aliphatic heterocycles. The number of nitrogens with one attached hydrogen (secondary N) is 1. The van der Waals surface area contributed by atoms with Gasteiger partial charge in [0.05, 0.1) is 22.0 Å². The van der Waals surface area contributed by atoms with E-state index in [-0.39, 0.29) is 5.97 Å². The number of hydrogen-bond acceptors (Lipinski definition) is 6. The Balaban J connectivity index is 1.37. The maximum Gasteiger partial charge on any atom is 0.343 e. The van der Waals surface area contributed by atoms with Gasteiger partial charge in [0.1, 0.15) is 5.75 Å². The minimum Gasteiger partial charge on any atom is -0.423 e. The summed E-state index contributed by atoms with van der Waals surface area (Å²) in [5.41, 5.74) is 5.29. The normalized spacial score (nSPS) is 11.0. The quantitative estimate of drug-likeness (QED) is 0.232. The molecule has 0 aliphatic carbocycles. The highest BCUT2D eigenvalue weighted by Gasteiger charge is 2.07. The lowest BCUT2D eigenvalue weighted by Gasteiger charge is -2.04. The zero-order valence-electron chi connectivity index (χ0n) is 14.2. The molecule has 0 spiro atoms. The van der Waals surface area contributed by atoms with Crippen LogP contribution in [0.1, 0.15) is 15.9 Å². The number of thiazole rings is 1. The van der Waals surface area contributed by atoms with Crippen molar-refractivity contribution in [2.45, 2.75) is 0 Å². The van der Waals surface area contributed by atoms with Crippen LogP contribution in [0.2, 0.25) is 0 Å². The lowest BCUT2D eigenvalue weighted by Crippen LogP contribution is -2.08. The number of rotatable bonds is 5. The average molecular weight is 373 g/mol. The first-order chi connectivity index (χ1) is 13.3. The standard InChI is InChI=1S/C21H15N3O2S/c25-20(16-6-2-1-3-7-16)26-17-12-10-15(11-13-17)14-22-24-21-23-18-8-4-5-9-19(18)27-21/h1-14H,(H,23,24)/b22-14-. The number of para-hydroxylation sites is 1. The molecule has 4 rings (SSSR count). The number of hydrogen-bond donors (Lipinski definition) is 1. The Bertz CT molecular complexity index is 1060. The predicted molar refractivity (Wildman–Crippen MR) is 109 cm³/mol. The summed E-state index contributed by atoms with van der Waals surface area (Å²) in [6, 6.07) is 24.0. The molecule has 0 aliphatic rings. The second-order valence-corrected chi connectivity index (χ2v) is 6.71. The smallest absolute Gasteiger partial charge is 0.343 e. The van der Waals surface area contributed by atoms with Crippen molar-refractivity contribution in [2.75, 3.05) is 5.43 Å². The van der Waals surface area contributed by atoms with Gasteiger partial charge in [0.2, 0.25) is 5.13 Å². The number of benzene rings is 3. The highest BCUT2D eigenvalue weighted by atomic mass is 32.1. The molecule has 1 N–H and O–H groups in total. The van der Waals surface area contributed by atoms with Crippen molar-refractivity contribution in [3.8, 4) is 5.75 Å². The van der Waals surface area contributed by atoms with Crippen LogP contribution in [0.3, 0.4) is 0 Å². The molecule has 0 atom stereocenters. The Morgan fingerprint density at radius 1 is 0.963 bits per heavy atom. The molecule has 5 nitrogen and oxygen atoms in total. The van der Waals surface area contributed by atoms with E-state index in [9.17, 15) is 4.79 Å². The highest BCUT2D eigenvalue weighted by molar-refractivity contribution is 7.22. The van der Waals surface area contributed by atoms with Gasteiger partial charge in [-0.25, -0.2) is 9.78 Å². The Labute approximate surface area is 160 Å². The van der Waals surface area contributed by atoms with Crippen molar-refractivity contribution in [1.29, 1.82) is 0 Å². The van der Waals surface area contributed by atoms with Gasteiger partial charge >= 0.3 is 5.97 Å². The molecule has 0 saturated heterocycles. The second kappa shape index (κ2) is 7.80. The molecular formula is C21H15N3O2S. The Morgan fingerprint density at radius 2 is 1.70 bits per heavy atom. The second-order valence-electron chi connectivity index (χ2n) is 5.68. The Morgan fingerprint density at radius 3 is 2.48 bits per heavy atom. The van der Waals surface area contributed by atoms with Gasteiger partial charge < -0.3 is 4.74 Å². The van der Waals surface area contributed by atoms with Crippen LogP contribution in [0.15, 0.2) is 84.0 Å². The van der Waals surface area contributed by atoms with Crippen LogP contribution in [0.4, 0.5) is 5.13 Å². The molecule has 0 fully saturated rings. The molecule has 0 unspecified atom stereocenters. The fraction of sp³-hybridized carbons (Fsp3) is 0. The number of carbonyl (C=O) groups excluding carboxylic acids is 1. The molecule has 1 heterocycles. The van der Waals surface area contributed by atoms with Gasteiger partial charge in [0.25, 0.3) is 0 Å². The van der Waals surface area contributed by atoms with Crippen LogP contribution in [0.25, 0.3) is 10.2 Å². The van der Waals surface area contributed by atoms with E-state index >= 15 is 0 Å². The lowest BCUT2D eigenvalue weighted by atomic mass is 10.2. The van der Waals surface area contributed by atoms with Crippen LogP contribution in [-0.2, 0) is 0 Å². The number of nitrogens with zero attached hydrogens (tertiary/aromatic N) is 2.